The molecule has 2 fully saturated rings. The van der Waals surface area contributed by atoms with Gasteiger partial charge in [0.25, 0.3) is 5.91 Å². The first-order valence-electron chi connectivity index (χ1n) is 11.1. The number of nitrogens with one attached hydrogen (secondary N) is 1. The predicted molar refractivity (Wildman–Crippen MR) is 128 cm³/mol. The molecule has 0 radical (unpaired) electrons. The van der Waals surface area contributed by atoms with E-state index in [0.717, 1.165) is 6.42 Å². The van der Waals surface area contributed by atoms with E-state index in [9.17, 15) is 14.4 Å². The molecule has 1 aliphatic carbocycles. The number of imide groups is 1. The molecule has 0 unspecified atom stereocenters. The van der Waals surface area contributed by atoms with Crippen LogP contribution in [-0.2, 0) is 9.59 Å². The number of fused-ring (bicyclic) bond motifs is 1. The van der Waals surface area contributed by atoms with Gasteiger partial charge in [0.2, 0.25) is 11.8 Å². The van der Waals surface area contributed by atoms with Gasteiger partial charge in [-0.15, -0.1) is 0 Å². The van der Waals surface area contributed by atoms with Crippen LogP contribution in [0.4, 0.5) is 11.4 Å². The summed E-state index contributed by atoms with van der Waals surface area (Å²) in [5, 5.41) is 3.23. The topological polar surface area (TPSA) is 66.5 Å². The minimum absolute atomic E-state index is 0.134. The van der Waals surface area contributed by atoms with Crippen molar-refractivity contribution in [3.63, 3.8) is 0 Å². The van der Waals surface area contributed by atoms with Gasteiger partial charge in [-0.3, -0.25) is 19.3 Å². The molecule has 1 aliphatic heterocycles. The summed E-state index contributed by atoms with van der Waals surface area (Å²) in [5.41, 5.74) is 2.67. The monoisotopic (exact) mass is 458 g/mol. The average molecular weight is 459 g/mol. The molecule has 1 N–H and O–H groups in total. The molecule has 1 heterocycles. The quantitative estimate of drug-likeness (QED) is 0.512. The van der Waals surface area contributed by atoms with Crippen molar-refractivity contribution in [2.24, 2.45) is 11.8 Å². The summed E-state index contributed by atoms with van der Waals surface area (Å²) >= 11 is 6.11. The fourth-order valence-electron chi connectivity index (χ4n) is 4.98. The zero-order chi connectivity index (χ0) is 22.9. The second kappa shape index (κ2) is 8.83. The standard InChI is InChI=1S/C27H23ClN2O3/c28-23-8-4-5-9-24(23)29-25(31)18-10-13-20(14-11-18)30-26(32)21-15-12-19(16-22(21)27(30)33)17-6-2-1-3-7-17/h1-11,13-14,19,21-22H,12,15-16H2,(H,29,31)/t19-,21+,22+/m0/s1. The molecule has 5 rings (SSSR count). The molecule has 5 nitrogen and oxygen atoms in total. The average Bonchev–Trinajstić information content (AvgIpc) is 3.10. The number of carbonyl (C=O) groups excluding carboxylic acids is 3. The van der Waals surface area contributed by atoms with Crippen molar-refractivity contribution in [2.45, 2.75) is 25.2 Å². The Morgan fingerprint density at radius 2 is 1.48 bits per heavy atom. The van der Waals surface area contributed by atoms with Crippen molar-refractivity contribution >= 4 is 40.7 Å². The number of halogens is 1. The molecule has 0 bridgehead atoms. The lowest BCUT2D eigenvalue weighted by molar-refractivity contribution is -0.122. The highest BCUT2D eigenvalue weighted by Gasteiger charge is 2.50. The highest BCUT2D eigenvalue weighted by Crippen LogP contribution is 2.45. The molecule has 33 heavy (non-hydrogen) atoms. The van der Waals surface area contributed by atoms with E-state index in [1.807, 2.05) is 18.2 Å². The summed E-state index contributed by atoms with van der Waals surface area (Å²) < 4.78 is 0. The first-order valence-corrected chi connectivity index (χ1v) is 11.5. The Kier molecular flexibility index (Phi) is 5.73. The van der Waals surface area contributed by atoms with Crippen molar-refractivity contribution in [2.75, 3.05) is 10.2 Å². The number of carbonyl (C=O) groups is 3. The van der Waals surface area contributed by atoms with Crippen LogP contribution < -0.4 is 10.2 Å². The number of hydrogen-bond donors (Lipinski definition) is 1. The SMILES string of the molecule is O=C(Nc1ccccc1Cl)c1ccc(N2C(=O)[C@@H]3CC[C@H](c4ccccc4)C[C@H]3C2=O)cc1. The minimum Gasteiger partial charge on any atom is -0.321 e. The van der Waals surface area contributed by atoms with Crippen LogP contribution in [0, 0.1) is 11.8 Å². The maximum atomic E-state index is 13.2. The van der Waals surface area contributed by atoms with Gasteiger partial charge in [0, 0.05) is 5.56 Å². The first kappa shape index (κ1) is 21.4. The second-order valence-corrected chi connectivity index (χ2v) is 9.03. The van der Waals surface area contributed by atoms with Crippen LogP contribution in [0.1, 0.15) is 41.1 Å². The molecule has 0 aromatic heterocycles. The summed E-state index contributed by atoms with van der Waals surface area (Å²) in [4.78, 5) is 40.2. The van der Waals surface area contributed by atoms with E-state index in [1.54, 1.807) is 48.5 Å². The van der Waals surface area contributed by atoms with Crippen LogP contribution in [0.25, 0.3) is 0 Å². The van der Waals surface area contributed by atoms with Gasteiger partial charge in [0.15, 0.2) is 0 Å². The Morgan fingerprint density at radius 3 is 2.21 bits per heavy atom. The van der Waals surface area contributed by atoms with Gasteiger partial charge in [-0.2, -0.15) is 0 Å². The van der Waals surface area contributed by atoms with Crippen LogP contribution >= 0.6 is 11.6 Å². The van der Waals surface area contributed by atoms with Gasteiger partial charge in [-0.05, 0) is 67.1 Å². The summed E-state index contributed by atoms with van der Waals surface area (Å²) in [6.45, 7) is 0. The van der Waals surface area contributed by atoms with Gasteiger partial charge < -0.3 is 5.32 Å². The Bertz CT molecular complexity index is 1210. The summed E-state index contributed by atoms with van der Waals surface area (Å²) in [7, 11) is 0. The number of anilines is 2. The van der Waals surface area contributed by atoms with E-state index in [2.05, 4.69) is 17.4 Å². The van der Waals surface area contributed by atoms with E-state index >= 15 is 0 Å². The van der Waals surface area contributed by atoms with E-state index < -0.39 is 0 Å². The number of nitrogens with zero attached hydrogens (tertiary/aromatic N) is 1. The van der Waals surface area contributed by atoms with E-state index in [0.29, 0.717) is 40.7 Å². The van der Waals surface area contributed by atoms with Crippen LogP contribution in [0.2, 0.25) is 5.02 Å². The molecule has 6 heteroatoms. The molecule has 0 spiro atoms. The highest BCUT2D eigenvalue weighted by molar-refractivity contribution is 6.33. The molecule has 3 aromatic carbocycles. The Morgan fingerprint density at radius 1 is 0.818 bits per heavy atom. The molecule has 1 saturated carbocycles. The third-order valence-electron chi connectivity index (χ3n) is 6.71. The largest absolute Gasteiger partial charge is 0.321 e. The summed E-state index contributed by atoms with van der Waals surface area (Å²) in [6.07, 6.45) is 2.30. The lowest BCUT2D eigenvalue weighted by Crippen LogP contribution is -2.30. The maximum absolute atomic E-state index is 13.2. The molecule has 2 aliphatic rings. The molecular weight excluding hydrogens is 436 g/mol. The molecule has 3 aromatic rings. The highest BCUT2D eigenvalue weighted by atomic mass is 35.5. The first-order chi connectivity index (χ1) is 16.0. The lowest BCUT2D eigenvalue weighted by atomic mass is 9.73. The van der Waals surface area contributed by atoms with Crippen LogP contribution in [0.5, 0.6) is 0 Å². The van der Waals surface area contributed by atoms with Crippen molar-refractivity contribution in [3.8, 4) is 0 Å². The summed E-state index contributed by atoms with van der Waals surface area (Å²) in [6, 6.07) is 23.8. The van der Waals surface area contributed by atoms with Gasteiger partial charge in [0.1, 0.15) is 0 Å². The van der Waals surface area contributed by atoms with E-state index in [4.69, 9.17) is 11.6 Å². The van der Waals surface area contributed by atoms with Crippen molar-refractivity contribution < 1.29 is 14.4 Å². The molecule has 3 amide bonds. The number of hydrogen-bond acceptors (Lipinski definition) is 3. The Labute approximate surface area is 197 Å². The van der Waals surface area contributed by atoms with Crippen molar-refractivity contribution in [1.29, 1.82) is 0 Å². The number of benzene rings is 3. The van der Waals surface area contributed by atoms with Crippen molar-refractivity contribution in [1.82, 2.24) is 0 Å². The fraction of sp³-hybridized carbons (Fsp3) is 0.222. The fourth-order valence-corrected chi connectivity index (χ4v) is 5.16. The van der Waals surface area contributed by atoms with E-state index in [-0.39, 0.29) is 29.6 Å². The second-order valence-electron chi connectivity index (χ2n) is 8.63. The predicted octanol–water partition coefficient (Wildman–Crippen LogP) is 5.67. The van der Waals surface area contributed by atoms with Crippen LogP contribution in [0.15, 0.2) is 78.9 Å². The van der Waals surface area contributed by atoms with Gasteiger partial charge in [-0.1, -0.05) is 54.1 Å². The van der Waals surface area contributed by atoms with Crippen molar-refractivity contribution in [3.05, 3.63) is 95.0 Å². The number of amides is 3. The normalized spacial score (nSPS) is 22.2. The zero-order valence-electron chi connectivity index (χ0n) is 17.9. The molecule has 1 saturated heterocycles. The summed E-state index contributed by atoms with van der Waals surface area (Å²) in [5.74, 6) is -0.850. The third kappa shape index (κ3) is 4.05. The number of rotatable bonds is 4. The van der Waals surface area contributed by atoms with Crippen LogP contribution in [-0.4, -0.2) is 17.7 Å². The van der Waals surface area contributed by atoms with Gasteiger partial charge >= 0.3 is 0 Å². The van der Waals surface area contributed by atoms with Crippen LogP contribution in [0.3, 0.4) is 0 Å². The zero-order valence-corrected chi connectivity index (χ0v) is 18.7. The van der Waals surface area contributed by atoms with Gasteiger partial charge in [-0.25, -0.2) is 0 Å². The number of para-hydroxylation sites is 1. The minimum atomic E-state index is -0.312. The van der Waals surface area contributed by atoms with E-state index in [1.165, 1.54) is 10.5 Å². The maximum Gasteiger partial charge on any atom is 0.255 e. The smallest absolute Gasteiger partial charge is 0.255 e. The Balaban J connectivity index is 1.31. The third-order valence-corrected chi connectivity index (χ3v) is 7.04. The lowest BCUT2D eigenvalue weighted by Gasteiger charge is -2.28. The van der Waals surface area contributed by atoms with Gasteiger partial charge in [0.05, 0.1) is 28.2 Å². The molecule has 3 atom stereocenters. The Hall–Kier alpha value is -3.44. The molecule has 166 valence electrons. The molecular formula is C27H23ClN2O3.